The van der Waals surface area contributed by atoms with Gasteiger partial charge < -0.3 is 24.3 Å². The molecule has 0 bridgehead atoms. The molecule has 1 aromatic carbocycles. The molecule has 4 aliphatic heterocycles. The molecule has 2 amide bonds. The largest absolute Gasteiger partial charge is 0.489 e. The standard InChI is InChI=1S/C31H37Cl2FN6O3/c1-5-23(41)38-13-14-39-20(16-38)18-43-28-25(30(39)42)29(35-27(26(28)33)24-21(32)7-6-8-22(24)34)40-17-19(15-31(40,2)3)37-11-9-36(4)10-12-37/h5-8,19-20H,1,9-18H2,2-4H3/t19-,20-/m1/s1. The molecule has 4 aliphatic rings. The first-order valence-electron chi connectivity index (χ1n) is 14.7. The molecule has 0 radical (unpaired) electrons. The summed E-state index contributed by atoms with van der Waals surface area (Å²) in [5.74, 6) is -0.455. The number of nitrogens with zero attached hydrogens (tertiary/aromatic N) is 6. The van der Waals surface area contributed by atoms with Gasteiger partial charge in [0.1, 0.15) is 28.8 Å². The van der Waals surface area contributed by atoms with Crippen molar-refractivity contribution in [2.45, 2.75) is 37.9 Å². The highest BCUT2D eigenvalue weighted by molar-refractivity contribution is 6.37. The normalized spacial score (nSPS) is 24.3. The highest BCUT2D eigenvalue weighted by atomic mass is 35.5. The Morgan fingerprint density at radius 1 is 1.09 bits per heavy atom. The van der Waals surface area contributed by atoms with E-state index in [9.17, 15) is 9.59 Å². The van der Waals surface area contributed by atoms with Gasteiger partial charge in [0.2, 0.25) is 5.91 Å². The van der Waals surface area contributed by atoms with Gasteiger partial charge in [0, 0.05) is 63.9 Å². The lowest BCUT2D eigenvalue weighted by Gasteiger charge is -2.40. The number of benzene rings is 1. The Morgan fingerprint density at radius 2 is 1.84 bits per heavy atom. The zero-order valence-corrected chi connectivity index (χ0v) is 26.3. The van der Waals surface area contributed by atoms with Crippen molar-refractivity contribution in [3.63, 3.8) is 0 Å². The number of carbonyl (C=O) groups is 2. The number of anilines is 1. The number of hydrogen-bond donors (Lipinski definition) is 0. The molecular formula is C31H37Cl2FN6O3. The molecule has 6 rings (SSSR count). The second-order valence-electron chi connectivity index (χ2n) is 12.5. The molecule has 3 saturated heterocycles. The van der Waals surface area contributed by atoms with Crippen LogP contribution in [0.4, 0.5) is 10.2 Å². The van der Waals surface area contributed by atoms with Crippen molar-refractivity contribution in [3.05, 3.63) is 52.3 Å². The fraction of sp³-hybridized carbons (Fsp3) is 0.516. The van der Waals surface area contributed by atoms with E-state index in [-0.39, 0.29) is 62.6 Å². The third-order valence-electron chi connectivity index (χ3n) is 9.31. The van der Waals surface area contributed by atoms with Gasteiger partial charge >= 0.3 is 0 Å². The molecule has 5 heterocycles. The summed E-state index contributed by atoms with van der Waals surface area (Å²) in [7, 11) is 2.14. The lowest BCUT2D eigenvalue weighted by atomic mass is 9.98. The van der Waals surface area contributed by atoms with Gasteiger partial charge in [-0.2, -0.15) is 0 Å². The Hall–Kier alpha value is -2.92. The van der Waals surface area contributed by atoms with Gasteiger partial charge in [-0.3, -0.25) is 14.5 Å². The second kappa shape index (κ2) is 11.5. The van der Waals surface area contributed by atoms with E-state index >= 15 is 4.39 Å². The summed E-state index contributed by atoms with van der Waals surface area (Å²) >= 11 is 13.5. The van der Waals surface area contributed by atoms with Crippen molar-refractivity contribution in [2.24, 2.45) is 0 Å². The monoisotopic (exact) mass is 630 g/mol. The van der Waals surface area contributed by atoms with Crippen LogP contribution in [0.1, 0.15) is 30.6 Å². The van der Waals surface area contributed by atoms with E-state index in [4.69, 9.17) is 32.9 Å². The predicted octanol–water partition coefficient (Wildman–Crippen LogP) is 4.03. The maximum atomic E-state index is 15.3. The number of carbonyl (C=O) groups excluding carboxylic acids is 2. The van der Waals surface area contributed by atoms with E-state index in [0.717, 1.165) is 32.6 Å². The van der Waals surface area contributed by atoms with E-state index < -0.39 is 11.9 Å². The second-order valence-corrected chi connectivity index (χ2v) is 13.3. The average Bonchev–Trinajstić information content (AvgIpc) is 3.22. The van der Waals surface area contributed by atoms with Gasteiger partial charge in [-0.25, -0.2) is 9.37 Å². The van der Waals surface area contributed by atoms with Crippen molar-refractivity contribution in [1.29, 1.82) is 0 Å². The molecule has 230 valence electrons. The number of pyridine rings is 1. The Kier molecular flexibility index (Phi) is 8.08. The van der Waals surface area contributed by atoms with Crippen LogP contribution < -0.4 is 9.64 Å². The maximum absolute atomic E-state index is 15.3. The summed E-state index contributed by atoms with van der Waals surface area (Å²) in [6, 6.07) is 4.28. The molecule has 9 nitrogen and oxygen atoms in total. The van der Waals surface area contributed by atoms with Crippen molar-refractivity contribution in [1.82, 2.24) is 24.6 Å². The Labute approximate surface area is 261 Å². The Morgan fingerprint density at radius 3 is 2.53 bits per heavy atom. The van der Waals surface area contributed by atoms with Gasteiger partial charge in [0.15, 0.2) is 5.75 Å². The van der Waals surface area contributed by atoms with Crippen molar-refractivity contribution < 1.29 is 18.7 Å². The summed E-state index contributed by atoms with van der Waals surface area (Å²) < 4.78 is 21.7. The maximum Gasteiger partial charge on any atom is 0.261 e. The molecule has 1 aromatic heterocycles. The summed E-state index contributed by atoms with van der Waals surface area (Å²) in [5, 5.41) is 0.192. The SMILES string of the molecule is C=CC(=O)N1CCN2C(=O)c3c(N4C[C@H](N5CCN(C)CC5)CC4(C)C)nc(-c4c(F)cccc4Cl)c(Cl)c3OC[C@H]2C1. The van der Waals surface area contributed by atoms with Crippen LogP contribution in [0.2, 0.25) is 10.0 Å². The number of halogens is 3. The zero-order valence-electron chi connectivity index (χ0n) is 24.8. The molecule has 12 heteroatoms. The fourth-order valence-electron chi connectivity index (χ4n) is 6.87. The van der Waals surface area contributed by atoms with E-state index in [0.29, 0.717) is 32.0 Å². The van der Waals surface area contributed by atoms with Crippen LogP contribution in [0, 0.1) is 5.82 Å². The minimum atomic E-state index is -0.570. The molecule has 3 fully saturated rings. The Balaban J connectivity index is 1.47. The number of hydrogen-bond acceptors (Lipinski definition) is 7. The number of piperazine rings is 2. The van der Waals surface area contributed by atoms with Gasteiger partial charge in [-0.15, -0.1) is 0 Å². The van der Waals surface area contributed by atoms with Gasteiger partial charge in [-0.05, 0) is 45.5 Å². The smallest absolute Gasteiger partial charge is 0.261 e. The average molecular weight is 632 g/mol. The fourth-order valence-corrected chi connectivity index (χ4v) is 7.41. The molecule has 0 N–H and O–H groups in total. The van der Waals surface area contributed by atoms with Crippen LogP contribution in [0.5, 0.6) is 5.75 Å². The van der Waals surface area contributed by atoms with Crippen LogP contribution in [0.25, 0.3) is 11.3 Å². The number of amides is 2. The number of rotatable bonds is 4. The number of ether oxygens (including phenoxy) is 1. The molecule has 2 aromatic rings. The lowest BCUT2D eigenvalue weighted by molar-refractivity contribution is -0.128. The first kappa shape index (κ1) is 30.1. The Bertz CT molecular complexity index is 1440. The first-order valence-corrected chi connectivity index (χ1v) is 15.5. The quantitative estimate of drug-likeness (QED) is 0.472. The van der Waals surface area contributed by atoms with Gasteiger partial charge in [0.25, 0.3) is 5.91 Å². The van der Waals surface area contributed by atoms with Crippen LogP contribution in [0.3, 0.4) is 0 Å². The molecule has 0 saturated carbocycles. The number of aromatic nitrogens is 1. The topological polar surface area (TPSA) is 72.5 Å². The molecule has 2 atom stereocenters. The van der Waals surface area contributed by atoms with Gasteiger partial charge in [0.05, 0.1) is 22.3 Å². The highest BCUT2D eigenvalue weighted by Crippen LogP contribution is 2.48. The third kappa shape index (κ3) is 5.36. The molecule has 0 unspecified atom stereocenters. The number of fused-ring (bicyclic) bond motifs is 2. The van der Waals surface area contributed by atoms with Crippen molar-refractivity contribution >= 4 is 40.8 Å². The minimum absolute atomic E-state index is 0.0330. The minimum Gasteiger partial charge on any atom is -0.489 e. The van der Waals surface area contributed by atoms with Crippen LogP contribution in [0.15, 0.2) is 30.9 Å². The predicted molar refractivity (Wildman–Crippen MR) is 166 cm³/mol. The molecule has 0 aliphatic carbocycles. The van der Waals surface area contributed by atoms with Gasteiger partial charge in [-0.1, -0.05) is 35.8 Å². The summed E-state index contributed by atoms with van der Waals surface area (Å²) in [6.07, 6.45) is 2.14. The summed E-state index contributed by atoms with van der Waals surface area (Å²) in [6.45, 7) is 13.6. The van der Waals surface area contributed by atoms with E-state index in [2.05, 4.69) is 42.2 Å². The number of likely N-dealkylation sites (N-methyl/N-ethyl adjacent to an activating group) is 1. The van der Waals surface area contributed by atoms with E-state index in [1.165, 1.54) is 18.2 Å². The zero-order chi connectivity index (χ0) is 30.6. The molecular weight excluding hydrogens is 594 g/mol. The first-order chi connectivity index (χ1) is 20.5. The molecule has 43 heavy (non-hydrogen) atoms. The highest BCUT2D eigenvalue weighted by Gasteiger charge is 2.47. The van der Waals surface area contributed by atoms with Crippen molar-refractivity contribution in [2.75, 3.05) is 70.9 Å². The lowest BCUT2D eigenvalue weighted by Crippen LogP contribution is -2.57. The van der Waals surface area contributed by atoms with Crippen LogP contribution >= 0.6 is 23.2 Å². The summed E-state index contributed by atoms with van der Waals surface area (Å²) in [4.78, 5) is 42.2. The van der Waals surface area contributed by atoms with E-state index in [1.54, 1.807) is 15.9 Å². The summed E-state index contributed by atoms with van der Waals surface area (Å²) in [5.41, 5.74) is 0.0828. The van der Waals surface area contributed by atoms with Crippen LogP contribution in [-0.2, 0) is 4.79 Å². The van der Waals surface area contributed by atoms with E-state index in [1.807, 2.05) is 0 Å². The molecule has 0 spiro atoms. The van der Waals surface area contributed by atoms with Crippen molar-refractivity contribution in [3.8, 4) is 17.0 Å². The third-order valence-corrected chi connectivity index (χ3v) is 9.97. The van der Waals surface area contributed by atoms with Crippen LogP contribution in [-0.4, -0.2) is 120 Å².